The fraction of sp³-hybridized carbons (Fsp3) is 0.216. The maximum atomic E-state index is 12.1. The van der Waals surface area contributed by atoms with Crippen LogP contribution in [0.2, 0.25) is 0 Å². The van der Waals surface area contributed by atoms with Crippen LogP contribution < -0.4 is 0 Å². The molecule has 0 aliphatic heterocycles. The number of ether oxygens (including phenoxy) is 5. The minimum Gasteiger partial charge on any atom is -0.469 e. The topological polar surface area (TPSA) is 315 Å². The summed E-state index contributed by atoms with van der Waals surface area (Å²) in [5, 5.41) is 60.0. The van der Waals surface area contributed by atoms with Crippen molar-refractivity contribution in [2.75, 3.05) is 33.5 Å². The van der Waals surface area contributed by atoms with Gasteiger partial charge in [-0.3, -0.25) is 48.9 Å². The fourth-order valence-electron chi connectivity index (χ4n) is 17.3. The van der Waals surface area contributed by atoms with Gasteiger partial charge in [0, 0.05) is 195 Å². The number of nitriles is 5. The number of rotatable bonds is 24. The molecule has 0 saturated heterocycles. The Morgan fingerprint density at radius 2 is 0.688 bits per heavy atom. The van der Waals surface area contributed by atoms with Crippen LogP contribution in [0.3, 0.4) is 0 Å². The Bertz CT molecular complexity index is 7980. The molecule has 0 amide bonds. The fourth-order valence-corrected chi connectivity index (χ4v) is 23.4. The summed E-state index contributed by atoms with van der Waals surface area (Å²) >= 11 is 8.38. The van der Waals surface area contributed by atoms with Gasteiger partial charge in [0.05, 0.1) is 132 Å². The first-order chi connectivity index (χ1) is 68.4. The standard InChI is InChI=1S/4C24H20N2O2S.C20H18N2O2S/c1-24(2,23(27)28-3)11-16-10-20-21(13-26-14-22(20)29-16)19-9-8-15(12-25)17-6-4-5-7-18(17)19;1-3-28-24(27)15(2)10-18-11-17-13-26-14-22(23(17)29-18)21-9-8-16(12-25)19-6-4-5-7-20(19)21;1-3-28-23(27)10-15(2)22-11-17-13-26-14-21(24(17)29-22)20-9-8-16(12-25)18-6-4-5-7-19(18)20;1-3-28-24(27)10-15(2)22-11-20-21(13-26-14-23(20)29-22)19-9-8-16(12-25)17-6-4-5-7-18(17)19;1-3-24-19(23)8-13(2)18-9-16-11-22-12-17(20(16)25-18)15-6-4-14(10-21)5-7-15/h4-10,13-14H,11H2,1-3H3;3*4-9,11,13-15H,3,10H2,1-2H3;4-7,9,11-13H,3,8H2,1-2H3. The highest BCUT2D eigenvalue weighted by molar-refractivity contribution is 7.21. The average Bonchev–Trinajstić information content (AvgIpc) is 1.75. The van der Waals surface area contributed by atoms with E-state index in [1.54, 1.807) is 56.7 Å². The second kappa shape index (κ2) is 45.8. The van der Waals surface area contributed by atoms with Gasteiger partial charge in [-0.2, -0.15) is 26.3 Å². The van der Waals surface area contributed by atoms with Gasteiger partial charge in [-0.05, 0) is 170 Å². The van der Waals surface area contributed by atoms with Crippen molar-refractivity contribution in [2.24, 2.45) is 11.3 Å². The first kappa shape index (κ1) is 99.8. The van der Waals surface area contributed by atoms with Gasteiger partial charge in [-0.1, -0.05) is 161 Å². The van der Waals surface area contributed by atoms with Crippen molar-refractivity contribution < 1.29 is 47.7 Å². The summed E-state index contributed by atoms with van der Waals surface area (Å²) in [5.74, 6) is -0.817. The van der Waals surface area contributed by atoms with E-state index < -0.39 is 5.41 Å². The van der Waals surface area contributed by atoms with E-state index in [1.165, 1.54) is 7.11 Å². The third-order valence-electron chi connectivity index (χ3n) is 24.3. The first-order valence-corrected chi connectivity index (χ1v) is 50.3. The zero-order chi connectivity index (χ0) is 99.5. The first-order valence-electron chi connectivity index (χ1n) is 46.2. The molecule has 0 bridgehead atoms. The van der Waals surface area contributed by atoms with E-state index in [0.29, 0.717) is 86.3 Å². The van der Waals surface area contributed by atoms with Crippen molar-refractivity contribution in [3.63, 3.8) is 0 Å². The minimum atomic E-state index is -0.593. The monoisotopic (exact) mass is 1950 g/mol. The molecular formula is C116H98N10O10S5. The van der Waals surface area contributed by atoms with Crippen LogP contribution in [-0.4, -0.2) is 88.3 Å². The molecule has 0 radical (unpaired) electrons. The molecule has 141 heavy (non-hydrogen) atoms. The Labute approximate surface area is 837 Å². The normalized spacial score (nSPS) is 11.9. The molecule has 0 aliphatic carbocycles. The summed E-state index contributed by atoms with van der Waals surface area (Å²) in [5.41, 5.74) is 13.2. The Balaban J connectivity index is 0.000000133. The predicted molar refractivity (Wildman–Crippen MR) is 567 cm³/mol. The van der Waals surface area contributed by atoms with Gasteiger partial charge in [-0.25, -0.2) is 0 Å². The average molecular weight is 1950 g/mol. The van der Waals surface area contributed by atoms with E-state index in [1.807, 2.05) is 301 Å². The van der Waals surface area contributed by atoms with Crippen LogP contribution in [0.15, 0.2) is 262 Å². The highest BCUT2D eigenvalue weighted by Gasteiger charge is 2.31. The maximum Gasteiger partial charge on any atom is 0.311 e. The van der Waals surface area contributed by atoms with Crippen LogP contribution in [0.4, 0.5) is 0 Å². The maximum absolute atomic E-state index is 12.1. The number of esters is 5. The van der Waals surface area contributed by atoms with Crippen molar-refractivity contribution in [1.29, 1.82) is 26.3 Å². The molecule has 4 atom stereocenters. The largest absolute Gasteiger partial charge is 0.469 e. The number of carbonyl (C=O) groups is 5. The molecule has 0 aliphatic rings. The van der Waals surface area contributed by atoms with E-state index >= 15 is 0 Å². The molecule has 702 valence electrons. The highest BCUT2D eigenvalue weighted by atomic mass is 32.1. The Morgan fingerprint density at radius 3 is 1.09 bits per heavy atom. The zero-order valence-electron chi connectivity index (χ0n) is 79.6. The van der Waals surface area contributed by atoms with Crippen molar-refractivity contribution >= 4 is 180 Å². The number of methoxy groups -OCH3 is 1. The number of hydrogen-bond donors (Lipinski definition) is 0. The molecule has 0 spiro atoms. The molecule has 0 N–H and O–H groups in total. The second-order valence-electron chi connectivity index (χ2n) is 34.5. The van der Waals surface area contributed by atoms with E-state index in [-0.39, 0.29) is 53.5 Å². The van der Waals surface area contributed by atoms with Gasteiger partial charge in [0.1, 0.15) is 0 Å². The quantitative estimate of drug-likeness (QED) is 0.0401. The molecule has 9 aromatic carbocycles. The third kappa shape index (κ3) is 22.6. The third-order valence-corrected chi connectivity index (χ3v) is 30.7. The van der Waals surface area contributed by atoms with E-state index in [2.05, 4.69) is 85.6 Å². The van der Waals surface area contributed by atoms with Crippen molar-refractivity contribution in [1.82, 2.24) is 24.9 Å². The molecule has 4 unspecified atom stereocenters. The Morgan fingerprint density at radius 1 is 0.340 bits per heavy atom. The second-order valence-corrected chi connectivity index (χ2v) is 40.1. The number of fused-ring (bicyclic) bond motifs is 9. The summed E-state index contributed by atoms with van der Waals surface area (Å²) in [6, 6.07) is 76.7. The number of benzene rings is 9. The van der Waals surface area contributed by atoms with Gasteiger partial charge >= 0.3 is 29.8 Å². The number of hydrogen-bond acceptors (Lipinski definition) is 25. The predicted octanol–water partition coefficient (Wildman–Crippen LogP) is 28.4. The smallest absolute Gasteiger partial charge is 0.311 e. The number of aromatic nitrogens is 5. The number of thiophene rings is 5. The molecule has 20 nitrogen and oxygen atoms in total. The lowest BCUT2D eigenvalue weighted by Crippen LogP contribution is -2.27. The van der Waals surface area contributed by atoms with Crippen LogP contribution in [0.1, 0.15) is 158 Å². The van der Waals surface area contributed by atoms with Gasteiger partial charge < -0.3 is 23.7 Å². The summed E-state index contributed by atoms with van der Waals surface area (Å²) in [6.45, 7) is 20.7. The summed E-state index contributed by atoms with van der Waals surface area (Å²) < 4.78 is 30.9. The van der Waals surface area contributed by atoms with Crippen LogP contribution in [-0.2, 0) is 60.5 Å². The van der Waals surface area contributed by atoms with Gasteiger partial charge in [-0.15, -0.1) is 56.7 Å². The highest BCUT2D eigenvalue weighted by Crippen LogP contribution is 2.47. The van der Waals surface area contributed by atoms with E-state index in [0.717, 1.165) is 174 Å². The number of pyridine rings is 5. The lowest BCUT2D eigenvalue weighted by molar-refractivity contribution is -0.150. The molecule has 10 aromatic heterocycles. The number of nitrogens with zero attached hydrogens (tertiary/aromatic N) is 10. The molecule has 19 rings (SSSR count). The Kier molecular flexibility index (Phi) is 32.4. The zero-order valence-corrected chi connectivity index (χ0v) is 83.7. The molecule has 0 saturated carbocycles. The Hall–Kier alpha value is -15.6. The SMILES string of the molecule is CCOC(=O)C(C)Cc1cc2cncc(-c3ccc(C#N)c4ccccc34)c2s1.CCOC(=O)CC(C)c1cc2c(-c3ccc(C#N)c4ccccc34)cncc2s1.CCOC(=O)CC(C)c1cc2cncc(-c3ccc(C#N)c4ccccc34)c2s1.CCOC(=O)CC(C)c1cc2cncc(-c3ccc(C#N)cc3)c2s1.COC(=O)C(C)(C)Cc1cc2c(-c3ccc(C#N)c4ccccc34)cncc2s1. The summed E-state index contributed by atoms with van der Waals surface area (Å²) in [7, 11) is 1.42. The molecule has 10 heterocycles. The lowest BCUT2D eigenvalue weighted by Gasteiger charge is -2.20. The number of carbonyl (C=O) groups excluding carboxylic acids is 5. The summed E-state index contributed by atoms with van der Waals surface area (Å²) in [6.07, 6.45) is 21.0. The van der Waals surface area contributed by atoms with Crippen LogP contribution in [0.5, 0.6) is 0 Å². The van der Waals surface area contributed by atoms with Crippen molar-refractivity contribution in [3.8, 4) is 86.0 Å². The van der Waals surface area contributed by atoms with Crippen LogP contribution in [0.25, 0.3) is 149 Å². The van der Waals surface area contributed by atoms with E-state index in [4.69, 9.17) is 28.9 Å². The summed E-state index contributed by atoms with van der Waals surface area (Å²) in [4.78, 5) is 87.4. The van der Waals surface area contributed by atoms with Crippen LogP contribution >= 0.6 is 56.7 Å². The van der Waals surface area contributed by atoms with E-state index in [9.17, 15) is 45.0 Å². The molecule has 19 aromatic rings. The van der Waals surface area contributed by atoms with Crippen molar-refractivity contribution in [3.05, 3.63) is 314 Å². The minimum absolute atomic E-state index is 0.0806. The van der Waals surface area contributed by atoms with Crippen LogP contribution in [0, 0.1) is 68.0 Å². The van der Waals surface area contributed by atoms with Gasteiger partial charge in [0.15, 0.2) is 0 Å². The molecule has 25 heteroatoms. The van der Waals surface area contributed by atoms with Gasteiger partial charge in [0.25, 0.3) is 0 Å². The lowest BCUT2D eigenvalue weighted by atomic mass is 9.88. The molecule has 0 fully saturated rings. The van der Waals surface area contributed by atoms with Crippen molar-refractivity contribution in [2.45, 2.75) is 119 Å². The molecular weight excluding hydrogens is 1850 g/mol. The van der Waals surface area contributed by atoms with Gasteiger partial charge in [0.2, 0.25) is 0 Å².